The van der Waals surface area contributed by atoms with E-state index in [0.717, 1.165) is 5.56 Å². The average Bonchev–Trinajstić information content (AvgIpc) is 3.03. The van der Waals surface area contributed by atoms with Crippen LogP contribution in [0.3, 0.4) is 0 Å². The highest BCUT2D eigenvalue weighted by atomic mass is 32.2. The van der Waals surface area contributed by atoms with E-state index in [1.54, 1.807) is 12.2 Å². The Labute approximate surface area is 144 Å². The largest absolute Gasteiger partial charge is 0.480 e. The van der Waals surface area contributed by atoms with E-state index in [4.69, 9.17) is 14.6 Å². The number of thioether (sulfide) groups is 1. The van der Waals surface area contributed by atoms with Gasteiger partial charge in [-0.15, -0.1) is 0 Å². The first kappa shape index (κ1) is 17.9. The molecule has 6 nitrogen and oxygen atoms in total. The van der Waals surface area contributed by atoms with Crippen molar-refractivity contribution < 1.29 is 24.2 Å². The molecule has 0 saturated carbocycles. The lowest BCUT2D eigenvalue weighted by molar-refractivity contribution is -0.141. The molecule has 7 heteroatoms. The van der Waals surface area contributed by atoms with Crippen molar-refractivity contribution in [1.29, 1.82) is 0 Å². The molecule has 0 spiro atoms. The number of amides is 1. The highest BCUT2D eigenvalue weighted by Gasteiger charge is 2.17. The Balaban J connectivity index is 1.86. The number of ether oxygens (including phenoxy) is 2. The van der Waals surface area contributed by atoms with Crippen molar-refractivity contribution >= 4 is 29.7 Å². The molecule has 1 aliphatic heterocycles. The van der Waals surface area contributed by atoms with Crippen LogP contribution in [0.4, 0.5) is 0 Å². The first-order valence-corrected chi connectivity index (χ1v) is 8.76. The van der Waals surface area contributed by atoms with Crippen molar-refractivity contribution in [2.45, 2.75) is 12.5 Å². The van der Waals surface area contributed by atoms with Crippen LogP contribution in [-0.4, -0.2) is 41.8 Å². The Morgan fingerprint density at radius 2 is 2.12 bits per heavy atom. The van der Waals surface area contributed by atoms with Gasteiger partial charge in [0.2, 0.25) is 12.7 Å². The van der Waals surface area contributed by atoms with Crippen molar-refractivity contribution in [3.63, 3.8) is 0 Å². The standard InChI is InChI=1S/C17H19NO5S/c1-24-9-8-13(17(20)21)18-16(19)5-3-2-4-12-6-7-14-15(10-12)23-11-22-14/h2-7,10,13H,8-9,11H2,1H3,(H,18,19)(H,20,21)/t13-/m0/s1. The lowest BCUT2D eigenvalue weighted by Gasteiger charge is -2.11. The summed E-state index contributed by atoms with van der Waals surface area (Å²) in [6.45, 7) is 0.226. The summed E-state index contributed by atoms with van der Waals surface area (Å²) in [5, 5.41) is 11.5. The van der Waals surface area contributed by atoms with Gasteiger partial charge in [0, 0.05) is 6.08 Å². The van der Waals surface area contributed by atoms with Gasteiger partial charge in [-0.2, -0.15) is 11.8 Å². The maximum Gasteiger partial charge on any atom is 0.326 e. The van der Waals surface area contributed by atoms with Crippen LogP contribution in [0.15, 0.2) is 36.4 Å². The predicted molar refractivity (Wildman–Crippen MR) is 93.3 cm³/mol. The van der Waals surface area contributed by atoms with E-state index in [-0.39, 0.29) is 6.79 Å². The van der Waals surface area contributed by atoms with Gasteiger partial charge in [-0.3, -0.25) is 4.79 Å². The van der Waals surface area contributed by atoms with Gasteiger partial charge < -0.3 is 19.9 Å². The minimum atomic E-state index is -1.03. The lowest BCUT2D eigenvalue weighted by Crippen LogP contribution is -2.40. The number of hydrogen-bond acceptors (Lipinski definition) is 5. The fourth-order valence-electron chi connectivity index (χ4n) is 2.04. The second kappa shape index (κ2) is 9.02. The number of benzene rings is 1. The van der Waals surface area contributed by atoms with Crippen LogP contribution < -0.4 is 14.8 Å². The molecule has 1 heterocycles. The maximum atomic E-state index is 11.7. The van der Waals surface area contributed by atoms with E-state index in [9.17, 15) is 9.59 Å². The first-order valence-electron chi connectivity index (χ1n) is 7.37. The molecule has 1 aliphatic rings. The summed E-state index contributed by atoms with van der Waals surface area (Å²) in [6.07, 6.45) is 8.67. The third-order valence-electron chi connectivity index (χ3n) is 3.27. The van der Waals surface area contributed by atoms with E-state index in [1.165, 1.54) is 17.8 Å². The zero-order chi connectivity index (χ0) is 17.4. The van der Waals surface area contributed by atoms with Crippen LogP contribution in [0.1, 0.15) is 12.0 Å². The van der Waals surface area contributed by atoms with E-state index < -0.39 is 17.9 Å². The summed E-state index contributed by atoms with van der Waals surface area (Å²) < 4.78 is 10.5. The van der Waals surface area contributed by atoms with Crippen LogP contribution in [0, 0.1) is 0 Å². The molecular formula is C17H19NO5S. The number of carboxylic acids is 1. The topological polar surface area (TPSA) is 84.9 Å². The molecule has 128 valence electrons. The molecule has 1 atom stereocenters. The molecular weight excluding hydrogens is 330 g/mol. The molecule has 2 N–H and O–H groups in total. The van der Waals surface area contributed by atoms with Crippen molar-refractivity contribution in [2.75, 3.05) is 18.8 Å². The van der Waals surface area contributed by atoms with Gasteiger partial charge in [-0.1, -0.05) is 24.3 Å². The van der Waals surface area contributed by atoms with Crippen LogP contribution >= 0.6 is 11.8 Å². The summed E-state index contributed by atoms with van der Waals surface area (Å²) in [6, 6.07) is 4.67. The monoisotopic (exact) mass is 349 g/mol. The Morgan fingerprint density at radius 3 is 2.88 bits per heavy atom. The summed E-state index contributed by atoms with van der Waals surface area (Å²) in [5.41, 5.74) is 0.910. The number of carbonyl (C=O) groups excluding carboxylic acids is 1. The highest BCUT2D eigenvalue weighted by molar-refractivity contribution is 7.98. The second-order valence-corrected chi connectivity index (χ2v) is 6.00. The molecule has 0 bridgehead atoms. The van der Waals surface area contributed by atoms with Crippen LogP contribution in [-0.2, 0) is 9.59 Å². The number of fused-ring (bicyclic) bond motifs is 1. The van der Waals surface area contributed by atoms with E-state index >= 15 is 0 Å². The van der Waals surface area contributed by atoms with Crippen LogP contribution in [0.25, 0.3) is 6.08 Å². The predicted octanol–water partition coefficient (Wildman–Crippen LogP) is 2.31. The third kappa shape index (κ3) is 5.34. The van der Waals surface area contributed by atoms with Crippen molar-refractivity contribution in [2.24, 2.45) is 0 Å². The number of rotatable bonds is 8. The molecule has 0 unspecified atom stereocenters. The normalized spacial score (nSPS) is 14.2. The molecule has 0 aromatic heterocycles. The molecule has 24 heavy (non-hydrogen) atoms. The molecule has 0 saturated heterocycles. The fraction of sp³-hybridized carbons (Fsp3) is 0.294. The van der Waals surface area contributed by atoms with Crippen LogP contribution in [0.5, 0.6) is 11.5 Å². The molecule has 0 fully saturated rings. The second-order valence-electron chi connectivity index (χ2n) is 5.01. The molecule has 2 rings (SSSR count). The minimum absolute atomic E-state index is 0.226. The quantitative estimate of drug-likeness (QED) is 0.553. The number of aliphatic carboxylic acids is 1. The Bertz CT molecular complexity index is 656. The van der Waals surface area contributed by atoms with Gasteiger partial charge in [-0.05, 0) is 36.1 Å². The molecule has 0 radical (unpaired) electrons. The van der Waals surface area contributed by atoms with Gasteiger partial charge in [0.1, 0.15) is 6.04 Å². The molecule has 0 aliphatic carbocycles. The average molecular weight is 349 g/mol. The molecule has 1 aromatic carbocycles. The summed E-state index contributed by atoms with van der Waals surface area (Å²) in [7, 11) is 0. The van der Waals surface area contributed by atoms with Gasteiger partial charge in [0.15, 0.2) is 11.5 Å². The van der Waals surface area contributed by atoms with Crippen molar-refractivity contribution in [1.82, 2.24) is 5.32 Å². The summed E-state index contributed by atoms with van der Waals surface area (Å²) >= 11 is 1.54. The highest BCUT2D eigenvalue weighted by Crippen LogP contribution is 2.32. The van der Waals surface area contributed by atoms with E-state index in [0.29, 0.717) is 23.7 Å². The Kier molecular flexibility index (Phi) is 6.74. The lowest BCUT2D eigenvalue weighted by atomic mass is 10.2. The smallest absolute Gasteiger partial charge is 0.326 e. The number of hydrogen-bond donors (Lipinski definition) is 2. The van der Waals surface area contributed by atoms with Gasteiger partial charge in [0.25, 0.3) is 0 Å². The number of carbonyl (C=O) groups is 2. The van der Waals surface area contributed by atoms with E-state index in [2.05, 4.69) is 5.32 Å². The van der Waals surface area contributed by atoms with E-state index in [1.807, 2.05) is 30.5 Å². The third-order valence-corrected chi connectivity index (χ3v) is 3.91. The first-order chi connectivity index (χ1) is 11.6. The van der Waals surface area contributed by atoms with Gasteiger partial charge in [0.05, 0.1) is 0 Å². The van der Waals surface area contributed by atoms with Crippen molar-refractivity contribution in [3.05, 3.63) is 42.0 Å². The minimum Gasteiger partial charge on any atom is -0.480 e. The maximum absolute atomic E-state index is 11.7. The summed E-state index contributed by atoms with van der Waals surface area (Å²) in [4.78, 5) is 22.8. The Morgan fingerprint density at radius 1 is 1.33 bits per heavy atom. The number of carboxylic acid groups (broad SMARTS) is 1. The van der Waals surface area contributed by atoms with Gasteiger partial charge in [-0.25, -0.2) is 4.79 Å². The SMILES string of the molecule is CSCC[C@H](NC(=O)C=CC=Cc1ccc2c(c1)OCO2)C(=O)O. The molecule has 1 aromatic rings. The summed E-state index contributed by atoms with van der Waals surface area (Å²) in [5.74, 6) is 0.620. The van der Waals surface area contributed by atoms with Gasteiger partial charge >= 0.3 is 5.97 Å². The zero-order valence-electron chi connectivity index (χ0n) is 13.2. The number of allylic oxidation sites excluding steroid dienone is 2. The Hall–Kier alpha value is -2.41. The number of nitrogens with one attached hydrogen (secondary N) is 1. The fourth-order valence-corrected chi connectivity index (χ4v) is 2.51. The zero-order valence-corrected chi connectivity index (χ0v) is 14.0. The van der Waals surface area contributed by atoms with Crippen LogP contribution in [0.2, 0.25) is 0 Å². The van der Waals surface area contributed by atoms with Crippen molar-refractivity contribution in [3.8, 4) is 11.5 Å². The molecule has 1 amide bonds.